The molecule has 1 aliphatic heterocycles. The Morgan fingerprint density at radius 3 is 2.38 bits per heavy atom. The molecule has 1 N–H and O–H groups in total. The maximum Gasteiger partial charge on any atom is 0.301 e. The van der Waals surface area contributed by atoms with Crippen molar-refractivity contribution < 1.29 is 19.4 Å². The van der Waals surface area contributed by atoms with Crippen LogP contribution in [0, 0.1) is 20.8 Å². The molecule has 0 spiro atoms. The zero-order valence-corrected chi connectivity index (χ0v) is 24.1. The minimum atomic E-state index is -0.826. The Morgan fingerprint density at radius 2 is 1.72 bits per heavy atom. The van der Waals surface area contributed by atoms with Crippen LogP contribution in [0.25, 0.3) is 16.0 Å². The molecule has 0 radical (unpaired) electrons. The zero-order chi connectivity index (χ0) is 28.2. The van der Waals surface area contributed by atoms with Crippen LogP contribution in [0.5, 0.6) is 5.75 Å². The molecule has 2 heterocycles. The topological polar surface area (TPSA) is 79.7 Å². The number of aliphatic hydroxyl groups excluding tert-OH is 1. The van der Waals surface area contributed by atoms with E-state index in [0.29, 0.717) is 16.4 Å². The lowest BCUT2D eigenvalue weighted by Gasteiger charge is -2.24. The molecule has 6 nitrogen and oxygen atoms in total. The monoisotopic (exact) mass is 540 g/mol. The molecule has 0 aliphatic carbocycles. The standard InChI is InChI=1S/C32H32N2O4S/c1-17-9-8-10-20(13-17)27-26(28(35)21-11-12-24(38-7)22(16-21)32(4,5)6)29(36)30(37)34(27)31-33-23-14-18(2)19(3)15-25(23)39-31/h8-16,27,35H,1-7H3/b28-26+. The van der Waals surface area contributed by atoms with Gasteiger partial charge in [-0.2, -0.15) is 0 Å². The Hall–Kier alpha value is -3.97. The van der Waals surface area contributed by atoms with E-state index in [2.05, 4.69) is 26.8 Å². The van der Waals surface area contributed by atoms with Crippen LogP contribution < -0.4 is 9.64 Å². The van der Waals surface area contributed by atoms with E-state index < -0.39 is 17.7 Å². The molecule has 1 aromatic heterocycles. The highest BCUT2D eigenvalue weighted by Gasteiger charge is 2.48. The third-order valence-corrected chi connectivity index (χ3v) is 8.30. The molecule has 1 fully saturated rings. The van der Waals surface area contributed by atoms with Gasteiger partial charge in [0.2, 0.25) is 0 Å². The van der Waals surface area contributed by atoms with Crippen LogP contribution in [0.15, 0.2) is 60.2 Å². The van der Waals surface area contributed by atoms with E-state index in [1.54, 1.807) is 19.2 Å². The van der Waals surface area contributed by atoms with Crippen LogP contribution in [0.3, 0.4) is 0 Å². The van der Waals surface area contributed by atoms with Crippen molar-refractivity contribution in [2.24, 2.45) is 0 Å². The van der Waals surface area contributed by atoms with Crippen molar-refractivity contribution in [3.63, 3.8) is 0 Å². The minimum absolute atomic E-state index is 0.0437. The second kappa shape index (κ2) is 9.65. The summed E-state index contributed by atoms with van der Waals surface area (Å²) in [6, 6.07) is 16.2. The number of carbonyl (C=O) groups is 2. The average Bonchev–Trinajstić information content (AvgIpc) is 3.40. The lowest BCUT2D eigenvalue weighted by Crippen LogP contribution is -2.29. The molecule has 5 rings (SSSR count). The van der Waals surface area contributed by atoms with Gasteiger partial charge in [-0.3, -0.25) is 14.5 Å². The first-order valence-corrected chi connectivity index (χ1v) is 13.7. The third kappa shape index (κ3) is 4.61. The first-order chi connectivity index (χ1) is 18.4. The lowest BCUT2D eigenvalue weighted by atomic mass is 9.84. The number of fused-ring (bicyclic) bond motifs is 1. The molecule has 1 aliphatic rings. The number of benzene rings is 3. The summed E-state index contributed by atoms with van der Waals surface area (Å²) in [5.41, 5.74) is 5.81. The van der Waals surface area contributed by atoms with Gasteiger partial charge in [0.05, 0.1) is 28.9 Å². The molecular formula is C32H32N2O4S. The van der Waals surface area contributed by atoms with Gasteiger partial charge < -0.3 is 9.84 Å². The summed E-state index contributed by atoms with van der Waals surface area (Å²) in [5, 5.41) is 12.1. The smallest absolute Gasteiger partial charge is 0.301 e. The third-order valence-electron chi connectivity index (χ3n) is 7.28. The summed E-state index contributed by atoms with van der Waals surface area (Å²) in [4.78, 5) is 33.5. The van der Waals surface area contributed by atoms with Gasteiger partial charge in [-0.15, -0.1) is 0 Å². The molecule has 0 saturated carbocycles. The van der Waals surface area contributed by atoms with E-state index in [1.165, 1.54) is 16.2 Å². The van der Waals surface area contributed by atoms with Crippen LogP contribution in [-0.2, 0) is 15.0 Å². The number of amides is 1. The number of hydrogen-bond donors (Lipinski definition) is 1. The van der Waals surface area contributed by atoms with Crippen LogP contribution in [0.1, 0.15) is 60.2 Å². The molecule has 7 heteroatoms. The summed E-state index contributed by atoms with van der Waals surface area (Å²) in [7, 11) is 1.61. The van der Waals surface area contributed by atoms with Gasteiger partial charge in [-0.1, -0.05) is 61.9 Å². The molecule has 3 aromatic carbocycles. The number of carbonyl (C=O) groups excluding carboxylic acids is 2. The number of thiazole rings is 1. The number of Topliss-reactive ketones (excluding diaryl/α,β-unsaturated/α-hetero) is 1. The van der Waals surface area contributed by atoms with Gasteiger partial charge in [-0.25, -0.2) is 4.98 Å². The normalized spacial score (nSPS) is 17.3. The highest BCUT2D eigenvalue weighted by Crippen LogP contribution is 2.45. The van der Waals surface area contributed by atoms with Crippen molar-refractivity contribution in [2.75, 3.05) is 12.0 Å². The molecular weight excluding hydrogens is 508 g/mol. The van der Waals surface area contributed by atoms with E-state index in [1.807, 2.05) is 57.2 Å². The van der Waals surface area contributed by atoms with Crippen molar-refractivity contribution in [1.29, 1.82) is 0 Å². The van der Waals surface area contributed by atoms with Crippen LogP contribution >= 0.6 is 11.3 Å². The number of anilines is 1. The molecule has 1 unspecified atom stereocenters. The second-order valence-corrected chi connectivity index (χ2v) is 12.2. The van der Waals surface area contributed by atoms with Gasteiger partial charge in [0.1, 0.15) is 11.5 Å². The highest BCUT2D eigenvalue weighted by atomic mass is 32.1. The highest BCUT2D eigenvalue weighted by molar-refractivity contribution is 7.22. The fraction of sp³-hybridized carbons (Fsp3) is 0.281. The summed E-state index contributed by atoms with van der Waals surface area (Å²) in [6.45, 7) is 12.2. The van der Waals surface area contributed by atoms with Crippen molar-refractivity contribution in [2.45, 2.75) is 53.0 Å². The van der Waals surface area contributed by atoms with E-state index >= 15 is 0 Å². The molecule has 1 atom stereocenters. The van der Waals surface area contributed by atoms with Gasteiger partial charge in [0.15, 0.2) is 5.13 Å². The Labute approximate surface area is 232 Å². The number of rotatable bonds is 4. The van der Waals surface area contributed by atoms with E-state index in [-0.39, 0.29) is 16.7 Å². The second-order valence-electron chi connectivity index (χ2n) is 11.1. The van der Waals surface area contributed by atoms with Crippen LogP contribution in [-0.4, -0.2) is 28.9 Å². The number of hydrogen-bond acceptors (Lipinski definition) is 6. The average molecular weight is 541 g/mol. The molecule has 4 aromatic rings. The maximum atomic E-state index is 13.6. The molecule has 39 heavy (non-hydrogen) atoms. The first kappa shape index (κ1) is 26.6. The van der Waals surface area contributed by atoms with E-state index in [0.717, 1.165) is 38.0 Å². The number of ether oxygens (including phenoxy) is 1. The predicted octanol–water partition coefficient (Wildman–Crippen LogP) is 7.15. The summed E-state index contributed by atoms with van der Waals surface area (Å²) < 4.78 is 6.49. The summed E-state index contributed by atoms with van der Waals surface area (Å²) in [5.74, 6) is -0.975. The lowest BCUT2D eigenvalue weighted by molar-refractivity contribution is -0.132. The fourth-order valence-electron chi connectivity index (χ4n) is 5.05. The van der Waals surface area contributed by atoms with E-state index in [9.17, 15) is 14.7 Å². The van der Waals surface area contributed by atoms with Crippen molar-refractivity contribution in [3.8, 4) is 5.75 Å². The number of nitrogens with zero attached hydrogens (tertiary/aromatic N) is 2. The predicted molar refractivity (Wildman–Crippen MR) is 157 cm³/mol. The fourth-order valence-corrected chi connectivity index (χ4v) is 6.13. The van der Waals surface area contributed by atoms with Crippen molar-refractivity contribution >= 4 is 44.1 Å². The van der Waals surface area contributed by atoms with E-state index in [4.69, 9.17) is 9.72 Å². The van der Waals surface area contributed by atoms with Gasteiger partial charge in [0, 0.05) is 11.1 Å². The van der Waals surface area contributed by atoms with Crippen LogP contribution in [0.4, 0.5) is 5.13 Å². The minimum Gasteiger partial charge on any atom is -0.507 e. The molecule has 200 valence electrons. The number of aromatic nitrogens is 1. The zero-order valence-electron chi connectivity index (χ0n) is 23.2. The summed E-state index contributed by atoms with van der Waals surface area (Å²) in [6.07, 6.45) is 0. The van der Waals surface area contributed by atoms with Crippen molar-refractivity contribution in [1.82, 2.24) is 4.98 Å². The Morgan fingerprint density at radius 1 is 1.00 bits per heavy atom. The number of ketones is 1. The molecule has 1 amide bonds. The molecule has 1 saturated heterocycles. The maximum absolute atomic E-state index is 13.6. The van der Waals surface area contributed by atoms with Gasteiger partial charge in [0.25, 0.3) is 5.78 Å². The Kier molecular flexibility index (Phi) is 6.59. The number of methoxy groups -OCH3 is 1. The number of aryl methyl sites for hydroxylation is 3. The molecule has 0 bridgehead atoms. The quantitative estimate of drug-likeness (QED) is 0.169. The van der Waals surface area contributed by atoms with Gasteiger partial charge >= 0.3 is 5.91 Å². The summed E-state index contributed by atoms with van der Waals surface area (Å²) >= 11 is 1.37. The Bertz CT molecular complexity index is 1640. The first-order valence-electron chi connectivity index (χ1n) is 12.8. The SMILES string of the molecule is COc1ccc(/C(O)=C2\C(=O)C(=O)N(c3nc4cc(C)c(C)cc4s3)C2c2cccc(C)c2)cc1C(C)(C)C. The largest absolute Gasteiger partial charge is 0.507 e. The Balaban J connectivity index is 1.74. The number of aliphatic hydroxyl groups is 1. The van der Waals surface area contributed by atoms with Gasteiger partial charge in [-0.05, 0) is 73.2 Å². The van der Waals surface area contributed by atoms with Crippen molar-refractivity contribution in [3.05, 3.63) is 93.6 Å². The van der Waals surface area contributed by atoms with Crippen LogP contribution in [0.2, 0.25) is 0 Å².